The molecule has 76 valence electrons. The van der Waals surface area contributed by atoms with Crippen LogP contribution in [0.25, 0.3) is 0 Å². The summed E-state index contributed by atoms with van der Waals surface area (Å²) in [5, 5.41) is 4.37. The lowest BCUT2D eigenvalue weighted by atomic mass is 10.1. The topological polar surface area (TPSA) is 38.0 Å². The van der Waals surface area contributed by atoms with Gasteiger partial charge in [-0.15, -0.1) is 0 Å². The number of nitrogens with two attached hydrogens (primary N) is 1. The first-order valence-corrected chi connectivity index (χ1v) is 5.18. The van der Waals surface area contributed by atoms with Gasteiger partial charge in [0.05, 0.1) is 6.04 Å². The van der Waals surface area contributed by atoms with E-state index in [1.165, 1.54) is 0 Å². The Morgan fingerprint density at radius 2 is 2.14 bits per heavy atom. The van der Waals surface area contributed by atoms with Crippen LogP contribution in [0.5, 0.6) is 0 Å². The average molecular weight is 249 g/mol. The summed E-state index contributed by atoms with van der Waals surface area (Å²) < 4.78 is 0. The Bertz CT molecular complexity index is 355. The molecular weight excluding hydrogens is 239 g/mol. The van der Waals surface area contributed by atoms with Gasteiger partial charge in [0, 0.05) is 10.0 Å². The molecule has 0 unspecified atom stereocenters. The first-order valence-electron chi connectivity index (χ1n) is 4.01. The molecule has 0 spiro atoms. The molecule has 0 saturated heterocycles. The molecule has 0 aliphatic carbocycles. The van der Waals surface area contributed by atoms with E-state index in [0.29, 0.717) is 10.0 Å². The van der Waals surface area contributed by atoms with E-state index in [-0.39, 0.29) is 11.2 Å². The van der Waals surface area contributed by atoms with Crippen molar-refractivity contribution in [2.24, 2.45) is 5.73 Å². The molecule has 3 N–H and O–H groups in total. The minimum Gasteiger partial charge on any atom is -0.376 e. The predicted molar refractivity (Wildman–Crippen MR) is 64.8 cm³/mol. The zero-order chi connectivity index (χ0) is 10.7. The normalized spacial score (nSPS) is 12.2. The average Bonchev–Trinajstić information content (AvgIpc) is 2.01. The third-order valence-electron chi connectivity index (χ3n) is 1.79. The molecule has 0 fully saturated rings. The minimum atomic E-state index is -0.0164. The third-order valence-corrected chi connectivity index (χ3v) is 2.47. The Labute approximate surface area is 98.4 Å². The largest absolute Gasteiger partial charge is 0.376 e. The van der Waals surface area contributed by atoms with Gasteiger partial charge in [-0.05, 0) is 36.8 Å². The number of hydrogen-bond acceptors (Lipinski definition) is 1. The van der Waals surface area contributed by atoms with E-state index in [1.807, 2.05) is 13.0 Å². The van der Waals surface area contributed by atoms with E-state index in [1.54, 1.807) is 12.1 Å². The quantitative estimate of drug-likeness (QED) is 0.791. The van der Waals surface area contributed by atoms with Crippen LogP contribution < -0.4 is 11.1 Å². The molecule has 0 radical (unpaired) electrons. The number of nitrogens with one attached hydrogen (secondary N) is 1. The second-order valence-corrected chi connectivity index (χ2v) is 4.18. The maximum atomic E-state index is 6.00. The number of halogens is 2. The van der Waals surface area contributed by atoms with Crippen LogP contribution in [0.2, 0.25) is 10.0 Å². The van der Waals surface area contributed by atoms with E-state index < -0.39 is 0 Å². The van der Waals surface area contributed by atoms with Gasteiger partial charge in [-0.2, -0.15) is 0 Å². The smallest absolute Gasteiger partial charge is 0.164 e. The Hall–Kier alpha value is -0.510. The van der Waals surface area contributed by atoms with Gasteiger partial charge in [-0.1, -0.05) is 29.3 Å². The van der Waals surface area contributed by atoms with Crippen LogP contribution in [0.3, 0.4) is 0 Å². The Morgan fingerprint density at radius 3 is 2.64 bits per heavy atom. The fourth-order valence-corrected chi connectivity index (χ4v) is 1.89. The second-order valence-electron chi connectivity index (χ2n) is 2.90. The van der Waals surface area contributed by atoms with Gasteiger partial charge in [0.15, 0.2) is 5.11 Å². The van der Waals surface area contributed by atoms with Crippen molar-refractivity contribution in [1.82, 2.24) is 5.32 Å². The zero-order valence-electron chi connectivity index (χ0n) is 7.55. The van der Waals surface area contributed by atoms with Gasteiger partial charge in [-0.25, -0.2) is 0 Å². The molecule has 0 aliphatic heterocycles. The highest BCUT2D eigenvalue weighted by Gasteiger charge is 2.09. The molecule has 0 aromatic heterocycles. The Balaban J connectivity index is 2.90. The lowest BCUT2D eigenvalue weighted by Crippen LogP contribution is -2.31. The molecule has 5 heteroatoms. The maximum Gasteiger partial charge on any atom is 0.164 e. The van der Waals surface area contributed by atoms with Crippen LogP contribution in [0.15, 0.2) is 18.2 Å². The van der Waals surface area contributed by atoms with Crippen molar-refractivity contribution >= 4 is 40.5 Å². The van der Waals surface area contributed by atoms with Crippen molar-refractivity contribution < 1.29 is 0 Å². The Morgan fingerprint density at radius 1 is 1.50 bits per heavy atom. The van der Waals surface area contributed by atoms with Gasteiger partial charge in [0.2, 0.25) is 0 Å². The van der Waals surface area contributed by atoms with Crippen molar-refractivity contribution in [3.05, 3.63) is 33.8 Å². The van der Waals surface area contributed by atoms with Crippen LogP contribution in [0, 0.1) is 0 Å². The number of hydrogen-bond donors (Lipinski definition) is 2. The third kappa shape index (κ3) is 3.01. The highest BCUT2D eigenvalue weighted by atomic mass is 35.5. The molecule has 1 atom stereocenters. The monoisotopic (exact) mass is 248 g/mol. The van der Waals surface area contributed by atoms with Crippen LogP contribution >= 0.6 is 35.4 Å². The van der Waals surface area contributed by atoms with Crippen LogP contribution in [-0.2, 0) is 0 Å². The summed E-state index contributed by atoms with van der Waals surface area (Å²) in [4.78, 5) is 0. The van der Waals surface area contributed by atoms with E-state index >= 15 is 0 Å². The fraction of sp³-hybridized carbons (Fsp3) is 0.222. The summed E-state index contributed by atoms with van der Waals surface area (Å²) in [7, 11) is 0. The van der Waals surface area contributed by atoms with Crippen molar-refractivity contribution in [3.8, 4) is 0 Å². The fourth-order valence-electron chi connectivity index (χ4n) is 1.14. The Kier molecular flexibility index (Phi) is 3.98. The number of benzene rings is 1. The zero-order valence-corrected chi connectivity index (χ0v) is 9.88. The van der Waals surface area contributed by atoms with Gasteiger partial charge >= 0.3 is 0 Å². The molecule has 14 heavy (non-hydrogen) atoms. The SMILES string of the molecule is C[C@H](NC(N)=S)c1ccc(Cl)cc1Cl. The molecule has 0 amide bonds. The summed E-state index contributed by atoms with van der Waals surface area (Å²) >= 11 is 16.5. The lowest BCUT2D eigenvalue weighted by Gasteiger charge is -2.15. The van der Waals surface area contributed by atoms with Gasteiger partial charge in [-0.3, -0.25) is 0 Å². The highest BCUT2D eigenvalue weighted by molar-refractivity contribution is 7.80. The van der Waals surface area contributed by atoms with Crippen molar-refractivity contribution in [3.63, 3.8) is 0 Å². The van der Waals surface area contributed by atoms with E-state index in [4.69, 9.17) is 41.2 Å². The summed E-state index contributed by atoms with van der Waals surface area (Å²) in [6, 6.07) is 5.30. The highest BCUT2D eigenvalue weighted by Crippen LogP contribution is 2.25. The summed E-state index contributed by atoms with van der Waals surface area (Å²) in [6.45, 7) is 1.92. The van der Waals surface area contributed by atoms with E-state index in [0.717, 1.165) is 5.56 Å². The molecular formula is C9H10Cl2N2S. The molecule has 0 heterocycles. The van der Waals surface area contributed by atoms with E-state index in [2.05, 4.69) is 5.32 Å². The molecule has 0 bridgehead atoms. The van der Waals surface area contributed by atoms with Crippen LogP contribution in [-0.4, -0.2) is 5.11 Å². The second kappa shape index (κ2) is 4.82. The van der Waals surface area contributed by atoms with Crippen molar-refractivity contribution in [2.45, 2.75) is 13.0 Å². The molecule has 1 rings (SSSR count). The number of rotatable bonds is 2. The molecule has 1 aromatic carbocycles. The maximum absolute atomic E-state index is 6.00. The first-order chi connectivity index (χ1) is 6.50. The van der Waals surface area contributed by atoms with Gasteiger partial charge in [0.1, 0.15) is 0 Å². The van der Waals surface area contributed by atoms with E-state index in [9.17, 15) is 0 Å². The van der Waals surface area contributed by atoms with Crippen molar-refractivity contribution in [2.75, 3.05) is 0 Å². The summed E-state index contributed by atoms with van der Waals surface area (Å²) in [5.41, 5.74) is 6.28. The van der Waals surface area contributed by atoms with Gasteiger partial charge in [0.25, 0.3) is 0 Å². The van der Waals surface area contributed by atoms with Gasteiger partial charge < -0.3 is 11.1 Å². The van der Waals surface area contributed by atoms with Crippen molar-refractivity contribution in [1.29, 1.82) is 0 Å². The minimum absolute atomic E-state index is 0.0164. The molecule has 1 aromatic rings. The molecule has 2 nitrogen and oxygen atoms in total. The summed E-state index contributed by atoms with van der Waals surface area (Å²) in [5.74, 6) is 0. The standard InChI is InChI=1S/C9H10Cl2N2S/c1-5(13-9(12)14)7-3-2-6(10)4-8(7)11/h2-5H,1H3,(H3,12,13,14)/t5-/m0/s1. The van der Waals surface area contributed by atoms with Crippen LogP contribution in [0.1, 0.15) is 18.5 Å². The molecule has 0 aliphatic rings. The molecule has 0 saturated carbocycles. The number of thiocarbonyl (C=S) groups is 1. The summed E-state index contributed by atoms with van der Waals surface area (Å²) in [6.07, 6.45) is 0. The van der Waals surface area contributed by atoms with Crippen LogP contribution in [0.4, 0.5) is 0 Å². The first kappa shape index (κ1) is 11.6. The lowest BCUT2D eigenvalue weighted by molar-refractivity contribution is 0.720. The predicted octanol–water partition coefficient (Wildman–Crippen LogP) is 2.89.